The van der Waals surface area contributed by atoms with Crippen LogP contribution < -0.4 is 0 Å². The van der Waals surface area contributed by atoms with Gasteiger partial charge in [-0.3, -0.25) is 4.79 Å². The first kappa shape index (κ1) is 11.0. The van der Waals surface area contributed by atoms with Gasteiger partial charge in [-0.2, -0.15) is 0 Å². The van der Waals surface area contributed by atoms with Crippen LogP contribution in [-0.2, 0) is 4.79 Å². The maximum atomic E-state index is 11.6. The van der Waals surface area contributed by atoms with Crippen molar-refractivity contribution in [3.05, 3.63) is 0 Å². The van der Waals surface area contributed by atoms with Gasteiger partial charge in [0.1, 0.15) is 0 Å². The fourth-order valence-corrected chi connectivity index (χ4v) is 2.81. The largest absolute Gasteiger partial charge is 0.348 e. The second kappa shape index (κ2) is 4.99. The maximum absolute atomic E-state index is 11.6. The molecule has 0 aromatic rings. The van der Waals surface area contributed by atoms with Crippen molar-refractivity contribution in [2.24, 2.45) is 5.92 Å². The number of rotatable bonds is 2. The Balaban J connectivity index is 2.45. The van der Waals surface area contributed by atoms with Crippen molar-refractivity contribution in [1.82, 2.24) is 4.90 Å². The molecule has 1 fully saturated rings. The zero-order valence-electron chi connectivity index (χ0n) is 8.42. The fourth-order valence-electron chi connectivity index (χ4n) is 1.88. The number of hydrogen-bond acceptors (Lipinski definition) is 1. The average Bonchev–Trinajstić information content (AvgIpc) is 2.17. The van der Waals surface area contributed by atoms with Crippen molar-refractivity contribution < 1.29 is 4.79 Å². The summed E-state index contributed by atoms with van der Waals surface area (Å²) in [5.41, 5.74) is 0. The standard InChI is InChI=1S/C10H18BrNO/c1-12(2)10(13)9(11)8-6-4-3-5-7-8/h8-9H,3-7H2,1-2H3. The summed E-state index contributed by atoms with van der Waals surface area (Å²) in [4.78, 5) is 13.3. The third-order valence-electron chi connectivity index (χ3n) is 2.74. The second-order valence-electron chi connectivity index (χ2n) is 4.03. The summed E-state index contributed by atoms with van der Waals surface area (Å²) in [6, 6.07) is 0. The van der Waals surface area contributed by atoms with Crippen LogP contribution in [0, 0.1) is 5.92 Å². The predicted octanol–water partition coefficient (Wildman–Crippen LogP) is 2.42. The lowest BCUT2D eigenvalue weighted by atomic mass is 9.86. The summed E-state index contributed by atoms with van der Waals surface area (Å²) in [6.07, 6.45) is 6.32. The first-order valence-electron chi connectivity index (χ1n) is 4.98. The highest BCUT2D eigenvalue weighted by atomic mass is 79.9. The lowest BCUT2D eigenvalue weighted by Gasteiger charge is -2.27. The minimum Gasteiger partial charge on any atom is -0.348 e. The highest BCUT2D eigenvalue weighted by Gasteiger charge is 2.27. The van der Waals surface area contributed by atoms with Crippen LogP contribution in [0.5, 0.6) is 0 Å². The summed E-state index contributed by atoms with van der Waals surface area (Å²) >= 11 is 3.51. The van der Waals surface area contributed by atoms with E-state index in [1.54, 1.807) is 4.90 Å². The van der Waals surface area contributed by atoms with Gasteiger partial charge in [-0.05, 0) is 18.8 Å². The number of halogens is 1. The maximum Gasteiger partial charge on any atom is 0.236 e. The number of carbonyl (C=O) groups is 1. The van der Waals surface area contributed by atoms with E-state index >= 15 is 0 Å². The van der Waals surface area contributed by atoms with E-state index in [9.17, 15) is 4.79 Å². The van der Waals surface area contributed by atoms with E-state index in [1.165, 1.54) is 32.1 Å². The van der Waals surface area contributed by atoms with E-state index in [0.29, 0.717) is 5.92 Å². The molecule has 13 heavy (non-hydrogen) atoms. The number of amides is 1. The zero-order valence-corrected chi connectivity index (χ0v) is 10.0. The van der Waals surface area contributed by atoms with Crippen LogP contribution >= 0.6 is 15.9 Å². The highest BCUT2D eigenvalue weighted by molar-refractivity contribution is 9.10. The van der Waals surface area contributed by atoms with Gasteiger partial charge in [0.15, 0.2) is 0 Å². The third-order valence-corrected chi connectivity index (χ3v) is 3.88. The lowest BCUT2D eigenvalue weighted by molar-refractivity contribution is -0.129. The van der Waals surface area contributed by atoms with Crippen LogP contribution in [0.4, 0.5) is 0 Å². The molecule has 0 bridgehead atoms. The van der Waals surface area contributed by atoms with Crippen molar-refractivity contribution >= 4 is 21.8 Å². The molecule has 1 aliphatic carbocycles. The Bertz CT molecular complexity index is 176. The van der Waals surface area contributed by atoms with Crippen LogP contribution in [-0.4, -0.2) is 29.7 Å². The molecular weight excluding hydrogens is 230 g/mol. The fraction of sp³-hybridized carbons (Fsp3) is 0.900. The van der Waals surface area contributed by atoms with Crippen LogP contribution in [0.3, 0.4) is 0 Å². The molecule has 2 nitrogen and oxygen atoms in total. The molecule has 1 atom stereocenters. The quantitative estimate of drug-likeness (QED) is 0.687. The Morgan fingerprint density at radius 2 is 1.85 bits per heavy atom. The van der Waals surface area contributed by atoms with Crippen molar-refractivity contribution in [3.8, 4) is 0 Å². The van der Waals surface area contributed by atoms with Gasteiger partial charge in [0.05, 0.1) is 4.83 Å². The first-order chi connectivity index (χ1) is 6.13. The molecule has 1 amide bonds. The number of hydrogen-bond donors (Lipinski definition) is 0. The van der Waals surface area contributed by atoms with E-state index in [2.05, 4.69) is 15.9 Å². The van der Waals surface area contributed by atoms with Gasteiger partial charge in [0.2, 0.25) is 5.91 Å². The monoisotopic (exact) mass is 247 g/mol. The Labute approximate surface area is 88.8 Å². The minimum atomic E-state index is 0.0443. The summed E-state index contributed by atoms with van der Waals surface area (Å²) in [7, 11) is 3.64. The van der Waals surface area contributed by atoms with E-state index < -0.39 is 0 Å². The molecule has 0 heterocycles. The Hall–Kier alpha value is -0.0500. The van der Waals surface area contributed by atoms with Gasteiger partial charge in [-0.25, -0.2) is 0 Å². The SMILES string of the molecule is CN(C)C(=O)C(Br)C1CCCCC1. The molecule has 0 aliphatic heterocycles. The van der Waals surface area contributed by atoms with Gasteiger partial charge < -0.3 is 4.90 Å². The third kappa shape index (κ3) is 2.97. The van der Waals surface area contributed by atoms with Crippen LogP contribution in [0.1, 0.15) is 32.1 Å². The van der Waals surface area contributed by atoms with E-state index in [4.69, 9.17) is 0 Å². The molecule has 0 radical (unpaired) electrons. The lowest BCUT2D eigenvalue weighted by Crippen LogP contribution is -2.35. The molecule has 3 heteroatoms. The molecule has 1 saturated carbocycles. The van der Waals surface area contributed by atoms with Crippen molar-refractivity contribution in [2.75, 3.05) is 14.1 Å². The van der Waals surface area contributed by atoms with Crippen LogP contribution in [0.15, 0.2) is 0 Å². The van der Waals surface area contributed by atoms with Crippen molar-refractivity contribution in [2.45, 2.75) is 36.9 Å². The molecule has 0 saturated heterocycles. The summed E-state index contributed by atoms with van der Waals surface area (Å²) in [6.45, 7) is 0. The minimum absolute atomic E-state index is 0.0443. The highest BCUT2D eigenvalue weighted by Crippen LogP contribution is 2.30. The smallest absolute Gasteiger partial charge is 0.236 e. The summed E-state index contributed by atoms with van der Waals surface area (Å²) < 4.78 is 0. The van der Waals surface area contributed by atoms with Gasteiger partial charge in [-0.15, -0.1) is 0 Å². The molecule has 0 N–H and O–H groups in total. The summed E-state index contributed by atoms with van der Waals surface area (Å²) in [5.74, 6) is 0.774. The van der Waals surface area contributed by atoms with E-state index in [0.717, 1.165) is 0 Å². The topological polar surface area (TPSA) is 20.3 Å². The zero-order chi connectivity index (χ0) is 9.84. The first-order valence-corrected chi connectivity index (χ1v) is 5.89. The molecular formula is C10H18BrNO. The molecule has 0 aromatic carbocycles. The Morgan fingerprint density at radius 3 is 2.31 bits per heavy atom. The predicted molar refractivity (Wildman–Crippen MR) is 58.0 cm³/mol. The summed E-state index contributed by atoms with van der Waals surface area (Å²) in [5, 5.41) is 0. The van der Waals surface area contributed by atoms with E-state index in [-0.39, 0.29) is 10.7 Å². The van der Waals surface area contributed by atoms with Crippen LogP contribution in [0.2, 0.25) is 0 Å². The molecule has 76 valence electrons. The number of nitrogens with zero attached hydrogens (tertiary/aromatic N) is 1. The molecule has 1 rings (SSSR count). The Kier molecular flexibility index (Phi) is 4.23. The molecule has 0 aromatic heterocycles. The van der Waals surface area contributed by atoms with Crippen LogP contribution in [0.25, 0.3) is 0 Å². The van der Waals surface area contributed by atoms with Gasteiger partial charge in [0.25, 0.3) is 0 Å². The number of carbonyl (C=O) groups excluding carboxylic acids is 1. The molecule has 1 unspecified atom stereocenters. The van der Waals surface area contributed by atoms with Gasteiger partial charge in [-0.1, -0.05) is 35.2 Å². The second-order valence-corrected chi connectivity index (χ2v) is 5.02. The average molecular weight is 248 g/mol. The molecule has 1 aliphatic rings. The molecule has 0 spiro atoms. The van der Waals surface area contributed by atoms with Gasteiger partial charge >= 0.3 is 0 Å². The number of alkyl halides is 1. The Morgan fingerprint density at radius 1 is 1.31 bits per heavy atom. The van der Waals surface area contributed by atoms with Crippen molar-refractivity contribution in [1.29, 1.82) is 0 Å². The van der Waals surface area contributed by atoms with E-state index in [1.807, 2.05) is 14.1 Å². The van der Waals surface area contributed by atoms with Gasteiger partial charge in [0, 0.05) is 14.1 Å². The van der Waals surface area contributed by atoms with Crippen molar-refractivity contribution in [3.63, 3.8) is 0 Å². The normalized spacial score (nSPS) is 21.2.